The minimum Gasteiger partial charge on any atom is -0.435 e. The van der Waals surface area contributed by atoms with Crippen LogP contribution in [0.1, 0.15) is 31.6 Å². The fraction of sp³-hybridized carbons (Fsp3) is 0.389. The van der Waals surface area contributed by atoms with Gasteiger partial charge in [-0.1, -0.05) is 17.7 Å². The van der Waals surface area contributed by atoms with E-state index in [1.54, 1.807) is 19.2 Å². The SMILES string of the molecule is C[C@]1(S(=O)(=O)c2cccc(OC(F)F)c2)CCO[C@@H](c2ncc(Br)cc2Cl)C1. The number of hydrogen-bond acceptors (Lipinski definition) is 5. The number of nitrogens with zero attached hydrogens (tertiary/aromatic N) is 1. The van der Waals surface area contributed by atoms with E-state index in [0.717, 1.165) is 6.07 Å². The van der Waals surface area contributed by atoms with Crippen LogP contribution in [0.4, 0.5) is 8.78 Å². The molecular formula is C18H17BrClF2NO4S. The van der Waals surface area contributed by atoms with Gasteiger partial charge in [-0.2, -0.15) is 8.78 Å². The Morgan fingerprint density at radius 1 is 1.39 bits per heavy atom. The van der Waals surface area contributed by atoms with Crippen LogP contribution in [0.3, 0.4) is 0 Å². The van der Waals surface area contributed by atoms with Crippen molar-refractivity contribution in [2.75, 3.05) is 6.61 Å². The van der Waals surface area contributed by atoms with Crippen molar-refractivity contribution in [2.45, 2.75) is 42.1 Å². The van der Waals surface area contributed by atoms with E-state index >= 15 is 0 Å². The molecule has 28 heavy (non-hydrogen) atoms. The van der Waals surface area contributed by atoms with Crippen LogP contribution < -0.4 is 4.74 Å². The third kappa shape index (κ3) is 4.32. The van der Waals surface area contributed by atoms with Gasteiger partial charge in [0, 0.05) is 17.3 Å². The molecule has 0 amide bonds. The largest absolute Gasteiger partial charge is 0.435 e. The van der Waals surface area contributed by atoms with Crippen molar-refractivity contribution in [1.82, 2.24) is 4.98 Å². The molecule has 1 saturated heterocycles. The summed E-state index contributed by atoms with van der Waals surface area (Å²) in [5.41, 5.74) is 0.459. The average Bonchev–Trinajstić information content (AvgIpc) is 2.61. The van der Waals surface area contributed by atoms with Crippen LogP contribution in [0.25, 0.3) is 0 Å². The summed E-state index contributed by atoms with van der Waals surface area (Å²) in [5, 5.41) is 0.369. The fourth-order valence-electron chi connectivity index (χ4n) is 3.15. The van der Waals surface area contributed by atoms with Gasteiger partial charge >= 0.3 is 6.61 Å². The lowest BCUT2D eigenvalue weighted by molar-refractivity contribution is -0.0499. The van der Waals surface area contributed by atoms with Crippen molar-refractivity contribution >= 4 is 37.4 Å². The van der Waals surface area contributed by atoms with Gasteiger partial charge in [-0.05, 0) is 60.0 Å². The molecule has 1 fully saturated rings. The highest BCUT2D eigenvalue weighted by Crippen LogP contribution is 2.43. The number of benzene rings is 1. The minimum absolute atomic E-state index is 0.0799. The zero-order valence-electron chi connectivity index (χ0n) is 14.7. The lowest BCUT2D eigenvalue weighted by Crippen LogP contribution is -2.42. The van der Waals surface area contributed by atoms with Crippen molar-refractivity contribution in [3.05, 3.63) is 51.7 Å². The van der Waals surface area contributed by atoms with Crippen molar-refractivity contribution < 1.29 is 26.7 Å². The Kier molecular flexibility index (Phi) is 6.29. The zero-order chi connectivity index (χ0) is 20.5. The number of ether oxygens (including phenoxy) is 2. The number of aromatic nitrogens is 1. The monoisotopic (exact) mass is 495 g/mol. The van der Waals surface area contributed by atoms with Gasteiger partial charge in [0.05, 0.1) is 20.4 Å². The number of hydrogen-bond donors (Lipinski definition) is 0. The molecule has 0 saturated carbocycles. The summed E-state index contributed by atoms with van der Waals surface area (Å²) in [5.74, 6) is -0.207. The molecule has 2 aromatic rings. The van der Waals surface area contributed by atoms with Gasteiger partial charge in [-0.15, -0.1) is 0 Å². The lowest BCUT2D eigenvalue weighted by Gasteiger charge is -2.37. The smallest absolute Gasteiger partial charge is 0.387 e. The number of pyridine rings is 1. The summed E-state index contributed by atoms with van der Waals surface area (Å²) in [6.45, 7) is -1.22. The summed E-state index contributed by atoms with van der Waals surface area (Å²) < 4.78 is 61.1. The van der Waals surface area contributed by atoms with Crippen molar-refractivity contribution in [2.24, 2.45) is 0 Å². The summed E-state index contributed by atoms with van der Waals surface area (Å²) in [6, 6.07) is 6.80. The zero-order valence-corrected chi connectivity index (χ0v) is 17.9. The van der Waals surface area contributed by atoms with Crippen LogP contribution >= 0.6 is 27.5 Å². The van der Waals surface area contributed by atoms with Crippen LogP contribution in [0.15, 0.2) is 45.9 Å². The molecule has 0 aliphatic carbocycles. The highest BCUT2D eigenvalue weighted by atomic mass is 79.9. The number of halogens is 4. The molecule has 2 atom stereocenters. The third-order valence-electron chi connectivity index (χ3n) is 4.70. The molecule has 5 nitrogen and oxygen atoms in total. The summed E-state index contributed by atoms with van der Waals surface area (Å²) in [7, 11) is -3.87. The van der Waals surface area contributed by atoms with Crippen molar-refractivity contribution in [1.29, 1.82) is 0 Å². The first kappa shape index (κ1) is 21.4. The Morgan fingerprint density at radius 3 is 2.82 bits per heavy atom. The standard InChI is InChI=1S/C18H17BrClF2NO4S/c1-18(28(24,25)13-4-2-3-12(8-13)27-17(21)22)5-6-26-15(9-18)16-14(20)7-11(19)10-23-16/h2-4,7-8,10,15,17H,5-6,9H2,1H3/t15-,18+/m1/s1. The highest BCUT2D eigenvalue weighted by molar-refractivity contribution is 9.10. The Bertz CT molecular complexity index is 976. The maximum atomic E-state index is 13.3. The van der Waals surface area contributed by atoms with Gasteiger partial charge in [-0.25, -0.2) is 8.42 Å². The predicted octanol–water partition coefficient (Wildman–Crippen LogP) is 5.18. The third-order valence-corrected chi connectivity index (χ3v) is 7.98. The normalized spacial score (nSPS) is 23.0. The summed E-state index contributed by atoms with van der Waals surface area (Å²) in [4.78, 5) is 4.19. The molecule has 1 aliphatic heterocycles. The second kappa shape index (κ2) is 8.22. The molecule has 0 radical (unpaired) electrons. The topological polar surface area (TPSA) is 65.5 Å². The summed E-state index contributed by atoms with van der Waals surface area (Å²) >= 11 is 9.53. The van der Waals surface area contributed by atoms with Crippen LogP contribution in [-0.4, -0.2) is 31.4 Å². The average molecular weight is 497 g/mol. The Morgan fingerprint density at radius 2 is 2.14 bits per heavy atom. The van der Waals surface area contributed by atoms with Gasteiger partial charge in [0.25, 0.3) is 0 Å². The first-order valence-corrected chi connectivity index (χ1v) is 11.0. The molecule has 0 bridgehead atoms. The Labute approximate surface area is 175 Å². The molecule has 2 heterocycles. The second-order valence-electron chi connectivity index (χ2n) is 6.64. The van der Waals surface area contributed by atoms with Crippen LogP contribution in [-0.2, 0) is 14.6 Å². The van der Waals surface area contributed by atoms with E-state index in [1.165, 1.54) is 18.2 Å². The quantitative estimate of drug-likeness (QED) is 0.570. The summed E-state index contributed by atoms with van der Waals surface area (Å²) in [6.07, 6.45) is 1.34. The number of sulfone groups is 1. The second-order valence-corrected chi connectivity index (χ2v) is 10.4. The molecule has 0 spiro atoms. The maximum absolute atomic E-state index is 13.3. The van der Waals surface area contributed by atoms with E-state index < -0.39 is 27.3 Å². The molecule has 1 aromatic heterocycles. The van der Waals surface area contributed by atoms with Gasteiger partial charge in [0.15, 0.2) is 9.84 Å². The van der Waals surface area contributed by atoms with Crippen LogP contribution in [0.5, 0.6) is 5.75 Å². The first-order valence-electron chi connectivity index (χ1n) is 8.34. The molecule has 1 aliphatic rings. The van der Waals surface area contributed by atoms with Crippen LogP contribution in [0.2, 0.25) is 5.02 Å². The number of alkyl halides is 2. The van der Waals surface area contributed by atoms with Crippen molar-refractivity contribution in [3.8, 4) is 5.75 Å². The van der Waals surface area contributed by atoms with Gasteiger partial charge in [0.2, 0.25) is 0 Å². The van der Waals surface area contributed by atoms with Gasteiger partial charge < -0.3 is 9.47 Å². The molecule has 3 rings (SSSR count). The van der Waals surface area contributed by atoms with E-state index in [-0.39, 0.29) is 30.1 Å². The van der Waals surface area contributed by atoms with E-state index in [2.05, 4.69) is 25.7 Å². The Balaban J connectivity index is 1.92. The molecule has 10 heteroatoms. The fourth-order valence-corrected chi connectivity index (χ4v) is 5.73. The van der Waals surface area contributed by atoms with Gasteiger partial charge in [-0.3, -0.25) is 4.98 Å². The number of rotatable bonds is 5. The van der Waals surface area contributed by atoms with Crippen LogP contribution in [0, 0.1) is 0 Å². The van der Waals surface area contributed by atoms with E-state index in [9.17, 15) is 17.2 Å². The van der Waals surface area contributed by atoms with Crippen molar-refractivity contribution in [3.63, 3.8) is 0 Å². The first-order chi connectivity index (χ1) is 13.1. The molecule has 152 valence electrons. The predicted molar refractivity (Wildman–Crippen MR) is 104 cm³/mol. The van der Waals surface area contributed by atoms with Gasteiger partial charge in [0.1, 0.15) is 11.9 Å². The maximum Gasteiger partial charge on any atom is 0.387 e. The lowest BCUT2D eigenvalue weighted by atomic mass is 9.94. The van der Waals surface area contributed by atoms with E-state index in [0.29, 0.717) is 15.2 Å². The minimum atomic E-state index is -3.87. The van der Waals surface area contributed by atoms with E-state index in [4.69, 9.17) is 16.3 Å². The highest BCUT2D eigenvalue weighted by Gasteiger charge is 2.45. The Hall–Kier alpha value is -1.29. The molecule has 0 unspecified atom stereocenters. The molecule has 1 aromatic carbocycles. The molecule has 0 N–H and O–H groups in total. The molecular weight excluding hydrogens is 480 g/mol. The van der Waals surface area contributed by atoms with E-state index in [1.807, 2.05) is 0 Å².